The van der Waals surface area contributed by atoms with Gasteiger partial charge in [-0.15, -0.1) is 0 Å². The molecule has 16 heavy (non-hydrogen) atoms. The summed E-state index contributed by atoms with van der Waals surface area (Å²) in [7, 11) is 0. The normalized spacial score (nSPS) is 12.8. The standard InChI is InChI=1S/C12H25NO3/c1-4-16-7-5-6-12(15)13-9-11(14)8-10(2)3/h10-11,14H,4-9H2,1-3H3,(H,13,15). The van der Waals surface area contributed by atoms with Crippen molar-refractivity contribution in [1.82, 2.24) is 5.32 Å². The summed E-state index contributed by atoms with van der Waals surface area (Å²) in [6.45, 7) is 7.70. The first-order valence-electron chi connectivity index (χ1n) is 6.08. The third-order valence-electron chi connectivity index (χ3n) is 2.17. The number of amides is 1. The number of nitrogens with one attached hydrogen (secondary N) is 1. The highest BCUT2D eigenvalue weighted by Crippen LogP contribution is 2.03. The van der Waals surface area contributed by atoms with Crippen molar-refractivity contribution in [2.24, 2.45) is 5.92 Å². The third kappa shape index (κ3) is 9.93. The molecule has 0 fully saturated rings. The quantitative estimate of drug-likeness (QED) is 0.588. The smallest absolute Gasteiger partial charge is 0.220 e. The minimum Gasteiger partial charge on any atom is -0.391 e. The molecule has 0 aliphatic heterocycles. The van der Waals surface area contributed by atoms with E-state index >= 15 is 0 Å². The van der Waals surface area contributed by atoms with E-state index in [4.69, 9.17) is 4.74 Å². The van der Waals surface area contributed by atoms with E-state index in [0.29, 0.717) is 32.1 Å². The predicted molar refractivity (Wildman–Crippen MR) is 64.2 cm³/mol. The van der Waals surface area contributed by atoms with E-state index in [1.165, 1.54) is 0 Å². The van der Waals surface area contributed by atoms with E-state index in [0.717, 1.165) is 12.8 Å². The van der Waals surface area contributed by atoms with Crippen molar-refractivity contribution in [2.75, 3.05) is 19.8 Å². The highest BCUT2D eigenvalue weighted by Gasteiger charge is 2.08. The van der Waals surface area contributed by atoms with Gasteiger partial charge in [0.25, 0.3) is 0 Å². The van der Waals surface area contributed by atoms with Crippen LogP contribution in [0.3, 0.4) is 0 Å². The molecule has 0 aromatic heterocycles. The topological polar surface area (TPSA) is 58.6 Å². The molecule has 0 spiro atoms. The Morgan fingerprint density at radius 2 is 2.12 bits per heavy atom. The number of carbonyl (C=O) groups excluding carboxylic acids is 1. The van der Waals surface area contributed by atoms with Crippen LogP contribution in [-0.4, -0.2) is 36.9 Å². The number of aliphatic hydroxyl groups excluding tert-OH is 1. The van der Waals surface area contributed by atoms with Gasteiger partial charge in [0.05, 0.1) is 6.10 Å². The number of rotatable bonds is 9. The zero-order valence-corrected chi connectivity index (χ0v) is 10.7. The molecule has 1 amide bonds. The van der Waals surface area contributed by atoms with Gasteiger partial charge in [-0.25, -0.2) is 0 Å². The van der Waals surface area contributed by atoms with Crippen molar-refractivity contribution in [1.29, 1.82) is 0 Å². The second-order valence-corrected chi connectivity index (χ2v) is 4.39. The number of ether oxygens (including phenoxy) is 1. The number of hydrogen-bond donors (Lipinski definition) is 2. The van der Waals surface area contributed by atoms with Gasteiger partial charge >= 0.3 is 0 Å². The Balaban J connectivity index is 3.42. The second kappa shape index (κ2) is 9.60. The highest BCUT2D eigenvalue weighted by atomic mass is 16.5. The Morgan fingerprint density at radius 1 is 1.44 bits per heavy atom. The first kappa shape index (κ1) is 15.4. The van der Waals surface area contributed by atoms with Crippen LogP contribution < -0.4 is 5.32 Å². The Labute approximate surface area is 98.4 Å². The van der Waals surface area contributed by atoms with Crippen molar-refractivity contribution in [3.8, 4) is 0 Å². The van der Waals surface area contributed by atoms with E-state index < -0.39 is 6.10 Å². The van der Waals surface area contributed by atoms with Crippen molar-refractivity contribution in [3.63, 3.8) is 0 Å². The van der Waals surface area contributed by atoms with Gasteiger partial charge in [-0.2, -0.15) is 0 Å². The lowest BCUT2D eigenvalue weighted by molar-refractivity contribution is -0.121. The molecular weight excluding hydrogens is 206 g/mol. The van der Waals surface area contributed by atoms with Crippen LogP contribution in [0.25, 0.3) is 0 Å². The van der Waals surface area contributed by atoms with Crippen LogP contribution in [-0.2, 0) is 9.53 Å². The Bertz CT molecular complexity index is 183. The molecule has 1 atom stereocenters. The molecule has 0 bridgehead atoms. The van der Waals surface area contributed by atoms with Gasteiger partial charge in [0, 0.05) is 26.2 Å². The monoisotopic (exact) mass is 231 g/mol. The van der Waals surface area contributed by atoms with E-state index in [-0.39, 0.29) is 5.91 Å². The lowest BCUT2D eigenvalue weighted by Gasteiger charge is -2.13. The van der Waals surface area contributed by atoms with Gasteiger partial charge in [-0.05, 0) is 25.7 Å². The van der Waals surface area contributed by atoms with Crippen molar-refractivity contribution < 1.29 is 14.6 Å². The summed E-state index contributed by atoms with van der Waals surface area (Å²) in [6, 6.07) is 0. The van der Waals surface area contributed by atoms with E-state index in [2.05, 4.69) is 5.32 Å². The molecule has 4 nitrogen and oxygen atoms in total. The predicted octanol–water partition coefficient (Wildman–Crippen LogP) is 1.33. The first-order chi connectivity index (χ1) is 7.56. The summed E-state index contributed by atoms with van der Waals surface area (Å²) in [4.78, 5) is 11.3. The van der Waals surface area contributed by atoms with Crippen LogP contribution in [0.4, 0.5) is 0 Å². The Kier molecular flexibility index (Phi) is 9.24. The fourth-order valence-electron chi connectivity index (χ4n) is 1.43. The molecule has 0 rings (SSSR count). The van der Waals surface area contributed by atoms with Crippen LogP contribution in [0.15, 0.2) is 0 Å². The molecular formula is C12H25NO3. The SMILES string of the molecule is CCOCCCC(=O)NCC(O)CC(C)C. The minimum atomic E-state index is -0.434. The summed E-state index contributed by atoms with van der Waals surface area (Å²) in [5.74, 6) is 0.437. The summed E-state index contributed by atoms with van der Waals surface area (Å²) in [5.41, 5.74) is 0. The molecule has 0 aliphatic carbocycles. The number of hydrogen-bond acceptors (Lipinski definition) is 3. The molecule has 1 unspecified atom stereocenters. The van der Waals surface area contributed by atoms with Crippen molar-refractivity contribution in [3.05, 3.63) is 0 Å². The largest absolute Gasteiger partial charge is 0.391 e. The molecule has 0 radical (unpaired) electrons. The van der Waals surface area contributed by atoms with E-state index in [1.807, 2.05) is 20.8 Å². The maximum atomic E-state index is 11.3. The van der Waals surface area contributed by atoms with Gasteiger partial charge in [0.15, 0.2) is 0 Å². The molecule has 0 saturated heterocycles. The average Bonchev–Trinajstić information content (AvgIpc) is 2.20. The zero-order chi connectivity index (χ0) is 12.4. The van der Waals surface area contributed by atoms with Gasteiger partial charge in [0.2, 0.25) is 5.91 Å². The van der Waals surface area contributed by atoms with Gasteiger partial charge in [-0.1, -0.05) is 13.8 Å². The average molecular weight is 231 g/mol. The minimum absolute atomic E-state index is 0.0116. The summed E-state index contributed by atoms with van der Waals surface area (Å²) < 4.78 is 5.13. The maximum absolute atomic E-state index is 11.3. The van der Waals surface area contributed by atoms with Crippen LogP contribution in [0.1, 0.15) is 40.0 Å². The lowest BCUT2D eigenvalue weighted by atomic mass is 10.1. The molecule has 0 heterocycles. The van der Waals surface area contributed by atoms with Gasteiger partial charge in [0.1, 0.15) is 0 Å². The summed E-state index contributed by atoms with van der Waals surface area (Å²) in [5, 5.41) is 12.3. The molecule has 0 aromatic carbocycles. The number of aliphatic hydroxyl groups is 1. The first-order valence-corrected chi connectivity index (χ1v) is 6.08. The van der Waals surface area contributed by atoms with Crippen LogP contribution >= 0.6 is 0 Å². The van der Waals surface area contributed by atoms with Crippen molar-refractivity contribution in [2.45, 2.75) is 46.1 Å². The fraction of sp³-hybridized carbons (Fsp3) is 0.917. The lowest BCUT2D eigenvalue weighted by Crippen LogP contribution is -2.32. The second-order valence-electron chi connectivity index (χ2n) is 4.39. The Morgan fingerprint density at radius 3 is 2.69 bits per heavy atom. The summed E-state index contributed by atoms with van der Waals surface area (Å²) >= 11 is 0. The van der Waals surface area contributed by atoms with Crippen molar-refractivity contribution >= 4 is 5.91 Å². The number of carbonyl (C=O) groups is 1. The van der Waals surface area contributed by atoms with Gasteiger partial charge in [-0.3, -0.25) is 4.79 Å². The molecule has 96 valence electrons. The maximum Gasteiger partial charge on any atom is 0.220 e. The molecule has 2 N–H and O–H groups in total. The molecule has 0 aliphatic rings. The van der Waals surface area contributed by atoms with Gasteiger partial charge < -0.3 is 15.2 Å². The molecule has 0 aromatic rings. The van der Waals surface area contributed by atoms with E-state index in [9.17, 15) is 9.90 Å². The summed E-state index contributed by atoms with van der Waals surface area (Å²) in [6.07, 6.45) is 1.49. The highest BCUT2D eigenvalue weighted by molar-refractivity contribution is 5.75. The van der Waals surface area contributed by atoms with E-state index in [1.54, 1.807) is 0 Å². The molecule has 4 heteroatoms. The third-order valence-corrected chi connectivity index (χ3v) is 2.17. The molecule has 0 saturated carbocycles. The fourth-order valence-corrected chi connectivity index (χ4v) is 1.43. The van der Waals surface area contributed by atoms with Crippen LogP contribution in [0.2, 0.25) is 0 Å². The Hall–Kier alpha value is -0.610. The van der Waals surface area contributed by atoms with Crippen LogP contribution in [0.5, 0.6) is 0 Å². The van der Waals surface area contributed by atoms with Crippen LogP contribution in [0, 0.1) is 5.92 Å². The zero-order valence-electron chi connectivity index (χ0n) is 10.7.